The fourth-order valence-corrected chi connectivity index (χ4v) is 0.904. The molecule has 6 nitrogen and oxygen atoms in total. The van der Waals surface area contributed by atoms with Crippen molar-refractivity contribution < 1.29 is 14.3 Å². The van der Waals surface area contributed by atoms with Crippen molar-refractivity contribution in [3.63, 3.8) is 0 Å². The Balaban J connectivity index is 2.39. The van der Waals surface area contributed by atoms with Gasteiger partial charge >= 0.3 is 5.97 Å². The van der Waals surface area contributed by atoms with E-state index in [1.807, 2.05) is 0 Å². The van der Waals surface area contributed by atoms with Gasteiger partial charge in [0.05, 0.1) is 25.2 Å². The van der Waals surface area contributed by atoms with E-state index in [0.717, 1.165) is 5.69 Å². The van der Waals surface area contributed by atoms with Crippen LogP contribution >= 0.6 is 0 Å². The van der Waals surface area contributed by atoms with Crippen LogP contribution in [-0.4, -0.2) is 36.5 Å². The number of aromatic nitrogens is 2. The van der Waals surface area contributed by atoms with Gasteiger partial charge in [-0.2, -0.15) is 5.10 Å². The maximum Gasteiger partial charge on any atom is 0.325 e. The number of anilines is 1. The van der Waals surface area contributed by atoms with Crippen LogP contribution in [0.3, 0.4) is 0 Å². The summed E-state index contributed by atoms with van der Waals surface area (Å²) in [5, 5.41) is 6.85. The van der Waals surface area contributed by atoms with Crippen LogP contribution in [0.15, 0.2) is 12.4 Å². The Kier molecular flexibility index (Phi) is 3.93. The molecule has 78 valence electrons. The fraction of sp³-hybridized carbons (Fsp3) is 0.500. The van der Waals surface area contributed by atoms with Gasteiger partial charge in [0, 0.05) is 7.11 Å². The molecule has 0 aliphatic heterocycles. The second-order valence-electron chi connectivity index (χ2n) is 2.62. The van der Waals surface area contributed by atoms with Gasteiger partial charge in [-0.05, 0) is 0 Å². The zero-order valence-electron chi connectivity index (χ0n) is 8.19. The fourth-order valence-electron chi connectivity index (χ4n) is 0.904. The Bertz CT molecular complexity index is 298. The highest BCUT2D eigenvalue weighted by Gasteiger charge is 2.01. The van der Waals surface area contributed by atoms with Crippen molar-refractivity contribution in [2.24, 2.45) is 0 Å². The summed E-state index contributed by atoms with van der Waals surface area (Å²) in [6.07, 6.45) is 3.36. The first-order valence-corrected chi connectivity index (χ1v) is 4.08. The van der Waals surface area contributed by atoms with E-state index in [0.29, 0.717) is 6.73 Å². The van der Waals surface area contributed by atoms with Gasteiger partial charge in [0.25, 0.3) is 0 Å². The first-order valence-electron chi connectivity index (χ1n) is 4.08. The summed E-state index contributed by atoms with van der Waals surface area (Å²) in [6, 6.07) is 0. The zero-order valence-corrected chi connectivity index (χ0v) is 8.19. The van der Waals surface area contributed by atoms with E-state index >= 15 is 0 Å². The summed E-state index contributed by atoms with van der Waals surface area (Å²) in [7, 11) is 2.93. The normalized spacial score (nSPS) is 9.86. The smallest absolute Gasteiger partial charge is 0.325 e. The van der Waals surface area contributed by atoms with Crippen molar-refractivity contribution >= 4 is 11.7 Å². The van der Waals surface area contributed by atoms with Gasteiger partial charge in [-0.25, -0.2) is 4.68 Å². The molecule has 0 aliphatic rings. The summed E-state index contributed by atoms with van der Waals surface area (Å²) >= 11 is 0. The first-order chi connectivity index (χ1) is 6.76. The molecule has 0 unspecified atom stereocenters. The standard InChI is InChI=1S/C8H13N3O3/c1-13-6-11-5-7(3-10-11)9-4-8(12)14-2/h3,5,9H,4,6H2,1-2H3. The number of methoxy groups -OCH3 is 2. The van der Waals surface area contributed by atoms with E-state index in [9.17, 15) is 4.79 Å². The van der Waals surface area contributed by atoms with E-state index in [1.165, 1.54) is 7.11 Å². The van der Waals surface area contributed by atoms with E-state index in [2.05, 4.69) is 15.2 Å². The van der Waals surface area contributed by atoms with Crippen LogP contribution in [0.2, 0.25) is 0 Å². The third-order valence-corrected chi connectivity index (χ3v) is 1.56. The Labute approximate surface area is 81.8 Å². The molecular weight excluding hydrogens is 186 g/mol. The summed E-state index contributed by atoms with van der Waals surface area (Å²) in [5.41, 5.74) is 0.757. The highest BCUT2D eigenvalue weighted by molar-refractivity contribution is 5.74. The minimum Gasteiger partial charge on any atom is -0.468 e. The van der Waals surface area contributed by atoms with Crippen molar-refractivity contribution in [1.29, 1.82) is 0 Å². The maximum absolute atomic E-state index is 10.8. The number of ether oxygens (including phenoxy) is 2. The molecule has 1 aromatic rings. The summed E-state index contributed by atoms with van der Waals surface area (Å²) in [5.74, 6) is -0.315. The maximum atomic E-state index is 10.8. The highest BCUT2D eigenvalue weighted by atomic mass is 16.5. The van der Waals surface area contributed by atoms with Gasteiger partial charge < -0.3 is 14.8 Å². The third-order valence-electron chi connectivity index (χ3n) is 1.56. The molecule has 0 bridgehead atoms. The number of hydrogen-bond donors (Lipinski definition) is 1. The molecule has 0 aromatic carbocycles. The summed E-state index contributed by atoms with van der Waals surface area (Å²) in [4.78, 5) is 10.8. The summed E-state index contributed by atoms with van der Waals surface area (Å²) < 4.78 is 11.0. The van der Waals surface area contributed by atoms with Gasteiger partial charge in [0.15, 0.2) is 0 Å². The van der Waals surface area contributed by atoms with E-state index in [1.54, 1.807) is 24.2 Å². The monoisotopic (exact) mass is 199 g/mol. The minimum atomic E-state index is -0.315. The number of rotatable bonds is 5. The molecule has 0 saturated carbocycles. The number of carbonyl (C=O) groups is 1. The van der Waals surface area contributed by atoms with Crippen LogP contribution in [0.5, 0.6) is 0 Å². The average molecular weight is 199 g/mol. The Hall–Kier alpha value is -1.56. The summed E-state index contributed by atoms with van der Waals surface area (Å²) in [6.45, 7) is 0.523. The van der Waals surface area contributed by atoms with E-state index in [-0.39, 0.29) is 12.5 Å². The molecule has 0 amide bonds. The lowest BCUT2D eigenvalue weighted by Gasteiger charge is -2.00. The first kappa shape index (κ1) is 10.5. The van der Waals surface area contributed by atoms with Gasteiger partial charge in [-0.3, -0.25) is 4.79 Å². The lowest BCUT2D eigenvalue weighted by atomic mass is 10.5. The van der Waals surface area contributed by atoms with Gasteiger partial charge in [0.2, 0.25) is 0 Å². The molecule has 6 heteroatoms. The molecule has 1 aromatic heterocycles. The van der Waals surface area contributed by atoms with Crippen molar-refractivity contribution in [2.75, 3.05) is 26.1 Å². The van der Waals surface area contributed by atoms with Crippen molar-refractivity contribution in [3.05, 3.63) is 12.4 Å². The van der Waals surface area contributed by atoms with Gasteiger partial charge in [-0.15, -0.1) is 0 Å². The average Bonchev–Trinajstić information content (AvgIpc) is 2.63. The zero-order chi connectivity index (χ0) is 10.4. The second-order valence-corrected chi connectivity index (χ2v) is 2.62. The number of esters is 1. The molecule has 0 saturated heterocycles. The Morgan fingerprint density at radius 3 is 3.07 bits per heavy atom. The molecule has 14 heavy (non-hydrogen) atoms. The number of hydrogen-bond acceptors (Lipinski definition) is 5. The number of nitrogens with zero attached hydrogens (tertiary/aromatic N) is 2. The molecule has 1 N–H and O–H groups in total. The molecule has 1 rings (SSSR count). The molecule has 0 atom stereocenters. The lowest BCUT2D eigenvalue weighted by molar-refractivity contribution is -0.138. The minimum absolute atomic E-state index is 0.134. The molecule has 0 aliphatic carbocycles. The van der Waals surface area contributed by atoms with Crippen LogP contribution < -0.4 is 5.32 Å². The van der Waals surface area contributed by atoms with E-state index < -0.39 is 0 Å². The van der Waals surface area contributed by atoms with Crippen molar-refractivity contribution in [1.82, 2.24) is 9.78 Å². The molecular formula is C8H13N3O3. The van der Waals surface area contributed by atoms with Crippen LogP contribution in [0, 0.1) is 0 Å². The third kappa shape index (κ3) is 3.06. The van der Waals surface area contributed by atoms with Crippen LogP contribution in [0.1, 0.15) is 0 Å². The molecule has 1 heterocycles. The Morgan fingerprint density at radius 1 is 1.64 bits per heavy atom. The second kappa shape index (κ2) is 5.23. The highest BCUT2D eigenvalue weighted by Crippen LogP contribution is 2.03. The predicted molar refractivity (Wildman–Crippen MR) is 49.7 cm³/mol. The predicted octanol–water partition coefficient (Wildman–Crippen LogP) is 0.0719. The molecule has 0 fully saturated rings. The Morgan fingerprint density at radius 2 is 2.43 bits per heavy atom. The SMILES string of the molecule is COCn1cc(NCC(=O)OC)cn1. The van der Waals surface area contributed by atoms with E-state index in [4.69, 9.17) is 4.74 Å². The number of nitrogens with one attached hydrogen (secondary N) is 1. The number of carbonyl (C=O) groups excluding carboxylic acids is 1. The van der Waals surface area contributed by atoms with Gasteiger partial charge in [-0.1, -0.05) is 0 Å². The van der Waals surface area contributed by atoms with Crippen LogP contribution in [0.4, 0.5) is 5.69 Å². The molecule has 0 radical (unpaired) electrons. The quantitative estimate of drug-likeness (QED) is 0.680. The van der Waals surface area contributed by atoms with Crippen molar-refractivity contribution in [2.45, 2.75) is 6.73 Å². The van der Waals surface area contributed by atoms with Crippen molar-refractivity contribution in [3.8, 4) is 0 Å². The largest absolute Gasteiger partial charge is 0.468 e. The molecule has 0 spiro atoms. The van der Waals surface area contributed by atoms with Crippen LogP contribution in [-0.2, 0) is 21.0 Å². The van der Waals surface area contributed by atoms with Gasteiger partial charge in [0.1, 0.15) is 13.3 Å². The van der Waals surface area contributed by atoms with Crippen LogP contribution in [0.25, 0.3) is 0 Å². The lowest BCUT2D eigenvalue weighted by Crippen LogP contribution is -2.14. The topological polar surface area (TPSA) is 65.4 Å².